The third kappa shape index (κ3) is 4.20. The highest BCUT2D eigenvalue weighted by Gasteiger charge is 2.18. The number of aromatic nitrogens is 2. The van der Waals surface area contributed by atoms with Crippen molar-refractivity contribution < 1.29 is 0 Å². The molecule has 12 rings (SSSR count). The molecule has 246 valence electrons. The standard InChI is InChI=1S/C50H30N2S/c1-2-11-33-27-36(21-17-31(33)9-1)52-47-26-20-35(29-44(47)42-23-18-32-10-3-4-12-38(32)50(42)52)34-19-25-46-43(28-34)39-13-5-7-15-45(39)51(46)37-22-24-41-40-14-6-8-16-48(40)53-49(41)30-37/h1-30H. The molecule has 0 aliphatic rings. The number of hydrogen-bond acceptors (Lipinski definition) is 1. The van der Waals surface area contributed by atoms with E-state index in [-0.39, 0.29) is 0 Å². The largest absolute Gasteiger partial charge is 0.309 e. The van der Waals surface area contributed by atoms with Gasteiger partial charge in [-0.05, 0) is 87.9 Å². The fraction of sp³-hybridized carbons (Fsp3) is 0. The van der Waals surface area contributed by atoms with E-state index in [2.05, 4.69) is 191 Å². The highest BCUT2D eigenvalue weighted by molar-refractivity contribution is 7.25. The maximum atomic E-state index is 2.47. The van der Waals surface area contributed by atoms with Gasteiger partial charge in [0, 0.05) is 58.5 Å². The van der Waals surface area contributed by atoms with E-state index >= 15 is 0 Å². The van der Waals surface area contributed by atoms with Crippen molar-refractivity contribution in [2.45, 2.75) is 0 Å². The summed E-state index contributed by atoms with van der Waals surface area (Å²) in [6.45, 7) is 0. The third-order valence-electron chi connectivity index (χ3n) is 11.3. The van der Waals surface area contributed by atoms with Gasteiger partial charge in [-0.15, -0.1) is 11.3 Å². The van der Waals surface area contributed by atoms with E-state index in [1.165, 1.54) is 108 Å². The zero-order chi connectivity index (χ0) is 34.6. The highest BCUT2D eigenvalue weighted by Crippen LogP contribution is 2.41. The summed E-state index contributed by atoms with van der Waals surface area (Å²) in [5.74, 6) is 0. The molecule has 0 saturated heterocycles. The van der Waals surface area contributed by atoms with Crippen molar-refractivity contribution in [2.75, 3.05) is 0 Å². The summed E-state index contributed by atoms with van der Waals surface area (Å²) in [7, 11) is 0. The molecule has 0 unspecified atom stereocenters. The van der Waals surface area contributed by atoms with Crippen LogP contribution in [-0.4, -0.2) is 9.13 Å². The van der Waals surface area contributed by atoms with Gasteiger partial charge in [-0.1, -0.05) is 121 Å². The minimum absolute atomic E-state index is 1.18. The smallest absolute Gasteiger partial charge is 0.0619 e. The van der Waals surface area contributed by atoms with Crippen molar-refractivity contribution in [1.29, 1.82) is 0 Å². The molecular formula is C50H30N2S. The molecule has 0 bridgehead atoms. The van der Waals surface area contributed by atoms with Crippen LogP contribution in [0, 0.1) is 0 Å². The second kappa shape index (κ2) is 10.9. The lowest BCUT2D eigenvalue weighted by Crippen LogP contribution is -1.94. The number of rotatable bonds is 3. The number of benzene rings is 9. The van der Waals surface area contributed by atoms with Crippen molar-refractivity contribution in [1.82, 2.24) is 9.13 Å². The van der Waals surface area contributed by atoms with Gasteiger partial charge in [0.15, 0.2) is 0 Å². The fourth-order valence-corrected chi connectivity index (χ4v) is 9.97. The molecule has 0 aliphatic heterocycles. The minimum Gasteiger partial charge on any atom is -0.309 e. The Balaban J connectivity index is 1.07. The molecule has 0 amide bonds. The van der Waals surface area contributed by atoms with Crippen LogP contribution >= 0.6 is 11.3 Å². The Morgan fingerprint density at radius 1 is 0.302 bits per heavy atom. The first-order valence-corrected chi connectivity index (χ1v) is 19.0. The van der Waals surface area contributed by atoms with E-state index < -0.39 is 0 Å². The van der Waals surface area contributed by atoms with Crippen molar-refractivity contribution in [2.24, 2.45) is 0 Å². The van der Waals surface area contributed by atoms with Gasteiger partial charge < -0.3 is 9.13 Å². The van der Waals surface area contributed by atoms with E-state index in [1.54, 1.807) is 0 Å². The summed E-state index contributed by atoms with van der Waals surface area (Å²) in [5.41, 5.74) is 9.71. The zero-order valence-corrected chi connectivity index (χ0v) is 29.4. The monoisotopic (exact) mass is 690 g/mol. The molecule has 3 heteroatoms. The van der Waals surface area contributed by atoms with Gasteiger partial charge in [0.1, 0.15) is 0 Å². The Labute approximate surface area is 309 Å². The predicted octanol–water partition coefficient (Wildman–Crippen LogP) is 14.2. The first kappa shape index (κ1) is 29.0. The van der Waals surface area contributed by atoms with Crippen LogP contribution in [0.3, 0.4) is 0 Å². The SMILES string of the molecule is c1ccc2cc(-n3c4ccc(-c5ccc6c(c5)c5ccccc5n6-c5ccc6c(c5)sc5ccccc56)cc4c4ccc5ccccc5c43)ccc2c1. The molecule has 9 aromatic carbocycles. The quantitative estimate of drug-likeness (QED) is 0.175. The van der Waals surface area contributed by atoms with Crippen LogP contribution < -0.4 is 0 Å². The van der Waals surface area contributed by atoms with Crippen molar-refractivity contribution in [3.05, 3.63) is 182 Å². The second-order valence-electron chi connectivity index (χ2n) is 14.1. The molecule has 53 heavy (non-hydrogen) atoms. The summed E-state index contributed by atoms with van der Waals surface area (Å²) in [6.07, 6.45) is 0. The maximum Gasteiger partial charge on any atom is 0.0619 e. The lowest BCUT2D eigenvalue weighted by atomic mass is 10.00. The normalized spacial score (nSPS) is 12.2. The van der Waals surface area contributed by atoms with Crippen LogP contribution in [0.4, 0.5) is 0 Å². The lowest BCUT2D eigenvalue weighted by molar-refractivity contribution is 1.19. The van der Waals surface area contributed by atoms with Crippen molar-refractivity contribution in [3.63, 3.8) is 0 Å². The first-order valence-electron chi connectivity index (χ1n) is 18.2. The Morgan fingerprint density at radius 2 is 0.868 bits per heavy atom. The van der Waals surface area contributed by atoms with Gasteiger partial charge in [-0.2, -0.15) is 0 Å². The summed E-state index contributed by atoms with van der Waals surface area (Å²) in [6, 6.07) is 67.3. The van der Waals surface area contributed by atoms with Gasteiger partial charge in [-0.3, -0.25) is 0 Å². The van der Waals surface area contributed by atoms with E-state index in [0.717, 1.165) is 0 Å². The van der Waals surface area contributed by atoms with Crippen LogP contribution in [-0.2, 0) is 0 Å². The zero-order valence-electron chi connectivity index (χ0n) is 28.6. The topological polar surface area (TPSA) is 9.86 Å². The van der Waals surface area contributed by atoms with E-state index in [4.69, 9.17) is 0 Å². The number of para-hydroxylation sites is 1. The molecule has 0 fully saturated rings. The van der Waals surface area contributed by atoms with Crippen LogP contribution in [0.2, 0.25) is 0 Å². The molecule has 0 aliphatic carbocycles. The van der Waals surface area contributed by atoms with Crippen LogP contribution in [0.15, 0.2) is 182 Å². The third-order valence-corrected chi connectivity index (χ3v) is 12.4. The first-order chi connectivity index (χ1) is 26.3. The Morgan fingerprint density at radius 3 is 1.72 bits per heavy atom. The van der Waals surface area contributed by atoms with Gasteiger partial charge >= 0.3 is 0 Å². The van der Waals surface area contributed by atoms with Gasteiger partial charge in [-0.25, -0.2) is 0 Å². The van der Waals surface area contributed by atoms with Crippen molar-refractivity contribution >= 4 is 96.7 Å². The molecule has 0 atom stereocenters. The van der Waals surface area contributed by atoms with E-state index in [1.807, 2.05) is 11.3 Å². The average molecular weight is 691 g/mol. The maximum absolute atomic E-state index is 2.47. The Kier molecular flexibility index (Phi) is 5.96. The minimum atomic E-state index is 1.18. The summed E-state index contributed by atoms with van der Waals surface area (Å²) < 4.78 is 7.55. The molecule has 0 radical (unpaired) electrons. The summed E-state index contributed by atoms with van der Waals surface area (Å²) in [4.78, 5) is 0. The Hall–Kier alpha value is -6.68. The fourth-order valence-electron chi connectivity index (χ4n) is 8.83. The molecule has 2 nitrogen and oxygen atoms in total. The lowest BCUT2D eigenvalue weighted by Gasteiger charge is -2.11. The molecule has 3 aromatic heterocycles. The van der Waals surface area contributed by atoms with Crippen LogP contribution in [0.25, 0.3) is 108 Å². The van der Waals surface area contributed by atoms with E-state index in [0.29, 0.717) is 0 Å². The Bertz CT molecular complexity index is 3470. The van der Waals surface area contributed by atoms with Crippen LogP contribution in [0.5, 0.6) is 0 Å². The highest BCUT2D eigenvalue weighted by atomic mass is 32.1. The molecule has 0 saturated carbocycles. The predicted molar refractivity (Wildman–Crippen MR) is 228 cm³/mol. The summed E-state index contributed by atoms with van der Waals surface area (Å²) >= 11 is 1.87. The molecule has 0 N–H and O–H groups in total. The number of hydrogen-bond donors (Lipinski definition) is 0. The second-order valence-corrected chi connectivity index (χ2v) is 15.2. The van der Waals surface area contributed by atoms with E-state index in [9.17, 15) is 0 Å². The molecule has 0 spiro atoms. The molecule has 12 aromatic rings. The van der Waals surface area contributed by atoms with Gasteiger partial charge in [0.25, 0.3) is 0 Å². The average Bonchev–Trinajstić information content (AvgIpc) is 3.87. The van der Waals surface area contributed by atoms with Gasteiger partial charge in [0.2, 0.25) is 0 Å². The van der Waals surface area contributed by atoms with Gasteiger partial charge in [0.05, 0.1) is 22.1 Å². The molecular weight excluding hydrogens is 661 g/mol. The van der Waals surface area contributed by atoms with Crippen LogP contribution in [0.1, 0.15) is 0 Å². The molecule has 3 heterocycles. The number of nitrogens with zero attached hydrogens (tertiary/aromatic N) is 2. The number of fused-ring (bicyclic) bond motifs is 12. The number of thiophene rings is 1. The summed E-state index contributed by atoms with van der Waals surface area (Å²) in [5, 5.41) is 12.7. The van der Waals surface area contributed by atoms with Crippen molar-refractivity contribution in [3.8, 4) is 22.5 Å².